The highest BCUT2D eigenvalue weighted by Gasteiger charge is 2.15. The van der Waals surface area contributed by atoms with E-state index < -0.39 is 0 Å². The third-order valence-electron chi connectivity index (χ3n) is 2.56. The van der Waals surface area contributed by atoms with Crippen LogP contribution in [0.3, 0.4) is 0 Å². The van der Waals surface area contributed by atoms with Crippen molar-refractivity contribution in [3.63, 3.8) is 0 Å². The summed E-state index contributed by atoms with van der Waals surface area (Å²) in [5, 5.41) is 3.47. The Bertz CT molecular complexity index is 147. The first-order valence-electron chi connectivity index (χ1n) is 5.94. The predicted molar refractivity (Wildman–Crippen MR) is 65.6 cm³/mol. The molecule has 84 valence electrons. The number of rotatable bonds is 8. The number of hydrogen-bond acceptors (Lipinski definition) is 1. The van der Waals surface area contributed by atoms with Gasteiger partial charge in [0.2, 0.25) is 0 Å². The van der Waals surface area contributed by atoms with Crippen LogP contribution < -0.4 is 5.32 Å². The molecule has 0 aliphatic heterocycles. The molecule has 0 atom stereocenters. The number of hydrogen-bond donors (Lipinski definition) is 1. The standard InChI is InChI=1S/C13H27N/c1-5-7-9-10-13(3,4)12-14-11-8-6-2/h6,8,14H,5,7,9-12H2,1-4H3/b8-6+. The molecule has 1 N–H and O–H groups in total. The van der Waals surface area contributed by atoms with Crippen LogP contribution in [0.2, 0.25) is 0 Å². The Morgan fingerprint density at radius 1 is 1.21 bits per heavy atom. The first kappa shape index (κ1) is 13.7. The van der Waals surface area contributed by atoms with Crippen LogP contribution in [0, 0.1) is 5.41 Å². The van der Waals surface area contributed by atoms with Crippen molar-refractivity contribution < 1.29 is 0 Å². The van der Waals surface area contributed by atoms with Gasteiger partial charge in [-0.3, -0.25) is 0 Å². The molecule has 1 heteroatoms. The van der Waals surface area contributed by atoms with Crippen molar-refractivity contribution in [1.82, 2.24) is 5.32 Å². The van der Waals surface area contributed by atoms with E-state index in [9.17, 15) is 0 Å². The Balaban J connectivity index is 3.50. The molecule has 0 radical (unpaired) electrons. The van der Waals surface area contributed by atoms with Gasteiger partial charge in [0.1, 0.15) is 0 Å². The van der Waals surface area contributed by atoms with E-state index in [0.29, 0.717) is 5.41 Å². The molecule has 1 nitrogen and oxygen atoms in total. The van der Waals surface area contributed by atoms with Crippen LogP contribution in [0.4, 0.5) is 0 Å². The Labute approximate surface area is 90.0 Å². The summed E-state index contributed by atoms with van der Waals surface area (Å²) in [5.41, 5.74) is 0.455. The van der Waals surface area contributed by atoms with Gasteiger partial charge < -0.3 is 5.32 Å². The summed E-state index contributed by atoms with van der Waals surface area (Å²) in [6.07, 6.45) is 9.66. The minimum atomic E-state index is 0.455. The zero-order valence-corrected chi connectivity index (χ0v) is 10.4. The van der Waals surface area contributed by atoms with Gasteiger partial charge in [-0.1, -0.05) is 52.2 Å². The first-order chi connectivity index (χ1) is 6.62. The molecule has 0 heterocycles. The van der Waals surface area contributed by atoms with E-state index in [-0.39, 0.29) is 0 Å². The maximum absolute atomic E-state index is 3.47. The summed E-state index contributed by atoms with van der Waals surface area (Å²) in [7, 11) is 0. The zero-order valence-electron chi connectivity index (χ0n) is 10.4. The van der Waals surface area contributed by atoms with Crippen molar-refractivity contribution in [3.8, 4) is 0 Å². The summed E-state index contributed by atoms with van der Waals surface area (Å²) in [4.78, 5) is 0. The minimum absolute atomic E-state index is 0.455. The normalized spacial score (nSPS) is 12.6. The topological polar surface area (TPSA) is 12.0 Å². The fraction of sp³-hybridized carbons (Fsp3) is 0.846. The lowest BCUT2D eigenvalue weighted by Gasteiger charge is -2.24. The highest BCUT2D eigenvalue weighted by Crippen LogP contribution is 2.22. The largest absolute Gasteiger partial charge is 0.313 e. The first-order valence-corrected chi connectivity index (χ1v) is 5.94. The SMILES string of the molecule is C/C=C/CNCC(C)(C)CCCCC. The quantitative estimate of drug-likeness (QED) is 0.461. The second kappa shape index (κ2) is 8.05. The third-order valence-corrected chi connectivity index (χ3v) is 2.56. The maximum atomic E-state index is 3.47. The Hall–Kier alpha value is -0.300. The molecule has 0 rings (SSSR count). The molecule has 0 spiro atoms. The van der Waals surface area contributed by atoms with E-state index in [1.807, 2.05) is 0 Å². The second-order valence-electron chi connectivity index (χ2n) is 4.82. The fourth-order valence-corrected chi connectivity index (χ4v) is 1.55. The van der Waals surface area contributed by atoms with Gasteiger partial charge >= 0.3 is 0 Å². The molecular weight excluding hydrogens is 170 g/mol. The van der Waals surface area contributed by atoms with Gasteiger partial charge in [-0.15, -0.1) is 0 Å². The van der Waals surface area contributed by atoms with Crippen LogP contribution >= 0.6 is 0 Å². The highest BCUT2D eigenvalue weighted by atomic mass is 14.9. The van der Waals surface area contributed by atoms with E-state index in [1.165, 1.54) is 25.7 Å². The van der Waals surface area contributed by atoms with Gasteiger partial charge in [0.25, 0.3) is 0 Å². The van der Waals surface area contributed by atoms with Crippen molar-refractivity contribution in [2.24, 2.45) is 5.41 Å². The molecule has 0 unspecified atom stereocenters. The molecule has 0 amide bonds. The van der Waals surface area contributed by atoms with Gasteiger partial charge in [0, 0.05) is 13.1 Å². The summed E-state index contributed by atoms with van der Waals surface area (Å²) >= 11 is 0. The average molecular weight is 197 g/mol. The summed E-state index contributed by atoms with van der Waals surface area (Å²) in [6.45, 7) is 11.2. The van der Waals surface area contributed by atoms with Crippen LogP contribution in [0.5, 0.6) is 0 Å². The van der Waals surface area contributed by atoms with Crippen molar-refractivity contribution in [1.29, 1.82) is 0 Å². The fourth-order valence-electron chi connectivity index (χ4n) is 1.55. The smallest absolute Gasteiger partial charge is 0.0135 e. The molecule has 0 bridgehead atoms. The van der Waals surface area contributed by atoms with Crippen molar-refractivity contribution >= 4 is 0 Å². The van der Waals surface area contributed by atoms with Crippen molar-refractivity contribution in [2.45, 2.75) is 53.4 Å². The van der Waals surface area contributed by atoms with Crippen LogP contribution in [-0.2, 0) is 0 Å². The summed E-state index contributed by atoms with van der Waals surface area (Å²) < 4.78 is 0. The molecular formula is C13H27N. The van der Waals surface area contributed by atoms with E-state index >= 15 is 0 Å². The van der Waals surface area contributed by atoms with Gasteiger partial charge in [0.15, 0.2) is 0 Å². The van der Waals surface area contributed by atoms with Crippen LogP contribution in [-0.4, -0.2) is 13.1 Å². The minimum Gasteiger partial charge on any atom is -0.313 e. The summed E-state index contributed by atoms with van der Waals surface area (Å²) in [6, 6.07) is 0. The zero-order chi connectivity index (χ0) is 10.9. The number of allylic oxidation sites excluding steroid dienone is 1. The van der Waals surface area contributed by atoms with Gasteiger partial charge in [-0.25, -0.2) is 0 Å². The van der Waals surface area contributed by atoms with E-state index in [4.69, 9.17) is 0 Å². The Kier molecular flexibility index (Phi) is 7.87. The highest BCUT2D eigenvalue weighted by molar-refractivity contribution is 4.81. The summed E-state index contributed by atoms with van der Waals surface area (Å²) in [5.74, 6) is 0. The predicted octanol–water partition coefficient (Wildman–Crippen LogP) is 3.76. The second-order valence-corrected chi connectivity index (χ2v) is 4.82. The Morgan fingerprint density at radius 2 is 1.93 bits per heavy atom. The monoisotopic (exact) mass is 197 g/mol. The molecule has 0 aromatic carbocycles. The van der Waals surface area contributed by atoms with Crippen molar-refractivity contribution in [3.05, 3.63) is 12.2 Å². The molecule has 0 aliphatic rings. The molecule has 0 aliphatic carbocycles. The molecule has 0 saturated heterocycles. The van der Waals surface area contributed by atoms with Gasteiger partial charge in [-0.2, -0.15) is 0 Å². The van der Waals surface area contributed by atoms with E-state index in [2.05, 4.69) is 45.2 Å². The molecule has 0 aromatic heterocycles. The average Bonchev–Trinajstić information content (AvgIpc) is 2.13. The lowest BCUT2D eigenvalue weighted by molar-refractivity contribution is 0.307. The van der Waals surface area contributed by atoms with Crippen LogP contribution in [0.1, 0.15) is 53.4 Å². The van der Waals surface area contributed by atoms with Crippen LogP contribution in [0.15, 0.2) is 12.2 Å². The van der Waals surface area contributed by atoms with Crippen molar-refractivity contribution in [2.75, 3.05) is 13.1 Å². The van der Waals surface area contributed by atoms with E-state index in [0.717, 1.165) is 13.1 Å². The van der Waals surface area contributed by atoms with E-state index in [1.54, 1.807) is 0 Å². The molecule has 0 aromatic rings. The lowest BCUT2D eigenvalue weighted by atomic mass is 9.87. The molecule has 14 heavy (non-hydrogen) atoms. The van der Waals surface area contributed by atoms with Gasteiger partial charge in [-0.05, 0) is 18.8 Å². The number of nitrogens with one attached hydrogen (secondary N) is 1. The number of unbranched alkanes of at least 4 members (excludes halogenated alkanes) is 2. The molecule has 0 saturated carbocycles. The molecule has 0 fully saturated rings. The Morgan fingerprint density at radius 3 is 2.50 bits per heavy atom. The van der Waals surface area contributed by atoms with Gasteiger partial charge in [0.05, 0.1) is 0 Å². The van der Waals surface area contributed by atoms with Crippen LogP contribution in [0.25, 0.3) is 0 Å². The maximum Gasteiger partial charge on any atom is 0.0135 e. The lowest BCUT2D eigenvalue weighted by Crippen LogP contribution is -2.29. The third kappa shape index (κ3) is 8.31.